The van der Waals surface area contributed by atoms with Crippen LogP contribution < -0.4 is 10.6 Å². The van der Waals surface area contributed by atoms with Crippen molar-refractivity contribution in [1.29, 1.82) is 0 Å². The van der Waals surface area contributed by atoms with E-state index in [-0.39, 0.29) is 10.5 Å². The molecule has 0 aliphatic heterocycles. The Balaban J connectivity index is 2.35. The van der Waals surface area contributed by atoms with Gasteiger partial charge in [0.15, 0.2) is 9.84 Å². The van der Waals surface area contributed by atoms with Gasteiger partial charge >= 0.3 is 12.0 Å². The zero-order chi connectivity index (χ0) is 21.6. The number of urea groups is 1. The minimum absolute atomic E-state index is 0.0136. The molecule has 3 amide bonds. The van der Waals surface area contributed by atoms with Gasteiger partial charge in [0.25, 0.3) is 5.91 Å². The third kappa shape index (κ3) is 5.89. The zero-order valence-electron chi connectivity index (χ0n) is 16.3. The molecule has 0 bridgehead atoms. The summed E-state index contributed by atoms with van der Waals surface area (Å²) in [6, 6.07) is 11.6. The number of carbonyl (C=O) groups excluding carboxylic acids is 3. The molecule has 0 spiro atoms. The molecule has 0 aliphatic carbocycles. The number of aryl methyl sites for hydroxylation is 1. The van der Waals surface area contributed by atoms with Crippen LogP contribution >= 0.6 is 0 Å². The first-order chi connectivity index (χ1) is 13.6. The fourth-order valence-corrected chi connectivity index (χ4v) is 3.15. The van der Waals surface area contributed by atoms with Crippen LogP contribution in [0.25, 0.3) is 0 Å². The Morgan fingerprint density at radius 3 is 2.31 bits per heavy atom. The number of amides is 3. The van der Waals surface area contributed by atoms with E-state index >= 15 is 0 Å². The van der Waals surface area contributed by atoms with E-state index in [1.165, 1.54) is 18.2 Å². The summed E-state index contributed by atoms with van der Waals surface area (Å²) < 4.78 is 29.0. The summed E-state index contributed by atoms with van der Waals surface area (Å²) in [5.74, 6) is -1.71. The van der Waals surface area contributed by atoms with Crippen LogP contribution in [-0.2, 0) is 19.4 Å². The molecule has 1 atom stereocenters. The van der Waals surface area contributed by atoms with E-state index in [4.69, 9.17) is 4.74 Å². The molecule has 0 radical (unpaired) electrons. The SMILES string of the molecule is CCNC(=O)NC(=O)[C@H](OC(=O)c1cc(S(C)(=O)=O)ccc1C)c1ccccc1. The quantitative estimate of drug-likeness (QED) is 0.694. The maximum atomic E-state index is 12.7. The van der Waals surface area contributed by atoms with Crippen LogP contribution in [0, 0.1) is 6.92 Å². The van der Waals surface area contributed by atoms with E-state index in [0.717, 1.165) is 6.26 Å². The number of benzene rings is 2. The number of hydrogen-bond acceptors (Lipinski definition) is 6. The predicted octanol–water partition coefficient (Wildman–Crippen LogP) is 2.14. The van der Waals surface area contributed by atoms with E-state index in [1.54, 1.807) is 44.2 Å². The van der Waals surface area contributed by atoms with Crippen molar-refractivity contribution in [2.24, 2.45) is 0 Å². The Hall–Kier alpha value is -3.20. The largest absolute Gasteiger partial charge is 0.444 e. The van der Waals surface area contributed by atoms with Gasteiger partial charge in [-0.05, 0) is 31.5 Å². The summed E-state index contributed by atoms with van der Waals surface area (Å²) in [7, 11) is -3.53. The molecule has 2 N–H and O–H groups in total. The molecule has 0 fully saturated rings. The average Bonchev–Trinajstić information content (AvgIpc) is 2.66. The van der Waals surface area contributed by atoms with E-state index in [0.29, 0.717) is 17.7 Å². The first-order valence-corrected chi connectivity index (χ1v) is 10.7. The molecule has 2 aromatic carbocycles. The summed E-state index contributed by atoms with van der Waals surface area (Å²) in [5.41, 5.74) is 0.859. The third-order valence-electron chi connectivity index (χ3n) is 4.00. The molecule has 8 nitrogen and oxygen atoms in total. The van der Waals surface area contributed by atoms with Crippen molar-refractivity contribution in [3.63, 3.8) is 0 Å². The zero-order valence-corrected chi connectivity index (χ0v) is 17.1. The van der Waals surface area contributed by atoms with Crippen molar-refractivity contribution < 1.29 is 27.5 Å². The number of rotatable bonds is 6. The predicted molar refractivity (Wildman–Crippen MR) is 106 cm³/mol. The van der Waals surface area contributed by atoms with Crippen LogP contribution in [-0.4, -0.2) is 39.1 Å². The van der Waals surface area contributed by atoms with Crippen LogP contribution in [0.15, 0.2) is 53.4 Å². The molecule has 154 valence electrons. The van der Waals surface area contributed by atoms with Crippen molar-refractivity contribution in [1.82, 2.24) is 10.6 Å². The Kier molecular flexibility index (Phi) is 7.11. The second-order valence-corrected chi connectivity index (χ2v) is 8.31. The average molecular weight is 418 g/mol. The Labute approximate surface area is 169 Å². The molecule has 2 rings (SSSR count). The molecule has 0 unspecified atom stereocenters. The Morgan fingerprint density at radius 2 is 1.72 bits per heavy atom. The Bertz CT molecular complexity index is 1020. The molecule has 29 heavy (non-hydrogen) atoms. The maximum absolute atomic E-state index is 12.7. The lowest BCUT2D eigenvalue weighted by Crippen LogP contribution is -2.42. The number of ether oxygens (including phenoxy) is 1. The molecular formula is C20H22N2O6S. The van der Waals surface area contributed by atoms with Crippen molar-refractivity contribution in [2.45, 2.75) is 24.8 Å². The highest BCUT2D eigenvalue weighted by Gasteiger charge is 2.28. The summed E-state index contributed by atoms with van der Waals surface area (Å²) in [6.45, 7) is 3.62. The number of esters is 1. The highest BCUT2D eigenvalue weighted by atomic mass is 32.2. The number of imide groups is 1. The summed E-state index contributed by atoms with van der Waals surface area (Å²) in [6.07, 6.45) is -0.369. The number of nitrogens with one attached hydrogen (secondary N) is 2. The summed E-state index contributed by atoms with van der Waals surface area (Å²) in [4.78, 5) is 37.0. The molecule has 2 aromatic rings. The van der Waals surface area contributed by atoms with Crippen molar-refractivity contribution in [3.8, 4) is 0 Å². The summed E-state index contributed by atoms with van der Waals surface area (Å²) in [5, 5.41) is 4.55. The number of sulfone groups is 1. The highest BCUT2D eigenvalue weighted by Crippen LogP contribution is 2.22. The molecule has 0 saturated carbocycles. The second kappa shape index (κ2) is 9.33. The van der Waals surface area contributed by atoms with Crippen LogP contribution in [0.3, 0.4) is 0 Å². The molecule has 0 aromatic heterocycles. The van der Waals surface area contributed by atoms with Gasteiger partial charge in [-0.2, -0.15) is 0 Å². The topological polar surface area (TPSA) is 119 Å². The first-order valence-electron chi connectivity index (χ1n) is 8.78. The summed E-state index contributed by atoms with van der Waals surface area (Å²) >= 11 is 0. The van der Waals surface area contributed by atoms with E-state index in [2.05, 4.69) is 10.6 Å². The van der Waals surface area contributed by atoms with Gasteiger partial charge in [0, 0.05) is 18.4 Å². The van der Waals surface area contributed by atoms with Gasteiger partial charge in [0.05, 0.1) is 10.5 Å². The molecule has 0 aliphatic rings. The molecular weight excluding hydrogens is 396 g/mol. The normalized spacial score (nSPS) is 12.0. The van der Waals surface area contributed by atoms with E-state index in [9.17, 15) is 22.8 Å². The van der Waals surface area contributed by atoms with Gasteiger partial charge in [0.2, 0.25) is 6.10 Å². The van der Waals surface area contributed by atoms with Crippen molar-refractivity contribution >= 4 is 27.7 Å². The van der Waals surface area contributed by atoms with Gasteiger partial charge in [-0.3, -0.25) is 10.1 Å². The fourth-order valence-electron chi connectivity index (χ4n) is 2.51. The van der Waals surface area contributed by atoms with Crippen LogP contribution in [0.5, 0.6) is 0 Å². The second-order valence-electron chi connectivity index (χ2n) is 6.29. The van der Waals surface area contributed by atoms with Crippen LogP contribution in [0.1, 0.15) is 34.5 Å². The maximum Gasteiger partial charge on any atom is 0.339 e. The highest BCUT2D eigenvalue weighted by molar-refractivity contribution is 7.90. The van der Waals surface area contributed by atoms with E-state index in [1.807, 2.05) is 0 Å². The van der Waals surface area contributed by atoms with Crippen molar-refractivity contribution in [2.75, 3.05) is 12.8 Å². The van der Waals surface area contributed by atoms with Gasteiger partial charge in [-0.15, -0.1) is 0 Å². The smallest absolute Gasteiger partial charge is 0.339 e. The molecule has 0 heterocycles. The van der Waals surface area contributed by atoms with Gasteiger partial charge in [-0.25, -0.2) is 18.0 Å². The molecule has 9 heteroatoms. The van der Waals surface area contributed by atoms with Crippen LogP contribution in [0.4, 0.5) is 4.79 Å². The minimum Gasteiger partial charge on any atom is -0.444 e. The van der Waals surface area contributed by atoms with Gasteiger partial charge < -0.3 is 10.1 Å². The monoisotopic (exact) mass is 418 g/mol. The van der Waals surface area contributed by atoms with E-state index < -0.39 is 33.8 Å². The van der Waals surface area contributed by atoms with Crippen molar-refractivity contribution in [3.05, 3.63) is 65.2 Å². The van der Waals surface area contributed by atoms with Gasteiger partial charge in [0.1, 0.15) is 0 Å². The Morgan fingerprint density at radius 1 is 1.07 bits per heavy atom. The van der Waals surface area contributed by atoms with Gasteiger partial charge in [-0.1, -0.05) is 36.4 Å². The number of hydrogen-bond donors (Lipinski definition) is 2. The fraction of sp³-hybridized carbons (Fsp3) is 0.250. The first kappa shape index (κ1) is 22.1. The lowest BCUT2D eigenvalue weighted by atomic mass is 10.1. The third-order valence-corrected chi connectivity index (χ3v) is 5.11. The minimum atomic E-state index is -3.53. The van der Waals surface area contributed by atoms with Crippen LogP contribution in [0.2, 0.25) is 0 Å². The number of carbonyl (C=O) groups is 3. The molecule has 0 saturated heterocycles. The lowest BCUT2D eigenvalue weighted by molar-refractivity contribution is -0.129. The lowest BCUT2D eigenvalue weighted by Gasteiger charge is -2.18. The standard InChI is InChI=1S/C20H22N2O6S/c1-4-21-20(25)22-18(23)17(14-8-6-5-7-9-14)28-19(24)16-12-15(29(3,26)27)11-10-13(16)2/h5-12,17H,4H2,1-3H3,(H2,21,22,23,25)/t17-/m1/s1.